The maximum atomic E-state index is 5.89. The molecule has 0 atom stereocenters. The van der Waals surface area contributed by atoms with E-state index in [4.69, 9.17) is 27.9 Å². The van der Waals surface area contributed by atoms with Crippen LogP contribution < -0.4 is 4.74 Å². The molecule has 0 N–H and O–H groups in total. The Bertz CT molecular complexity index is 332. The maximum Gasteiger partial charge on any atom is 0.213 e. The monoisotopic (exact) mass is 262 g/mol. The van der Waals surface area contributed by atoms with E-state index >= 15 is 0 Å². The normalized spacial score (nSPS) is 10.8. The summed E-state index contributed by atoms with van der Waals surface area (Å²) in [6.45, 7) is 1.64. The number of hydrogen-bond acceptors (Lipinski definition) is 3. The lowest BCUT2D eigenvalue weighted by molar-refractivity contribution is 0.273. The third-order valence-corrected chi connectivity index (χ3v) is 2.62. The van der Waals surface area contributed by atoms with Gasteiger partial charge in [-0.25, -0.2) is 4.98 Å². The Kier molecular flexibility index (Phi) is 5.88. The molecule has 0 aliphatic carbocycles. The highest BCUT2D eigenvalue weighted by molar-refractivity contribution is 6.32. The molecule has 16 heavy (non-hydrogen) atoms. The molecule has 0 unspecified atom stereocenters. The summed E-state index contributed by atoms with van der Waals surface area (Å²) in [5.74, 6) is 0.882. The molecule has 0 aliphatic rings. The molecular weight excluding hydrogens is 247 g/mol. The molecule has 1 rings (SSSR count). The van der Waals surface area contributed by atoms with Gasteiger partial charge in [0, 0.05) is 12.6 Å². The number of halogens is 2. The van der Waals surface area contributed by atoms with Crippen molar-refractivity contribution < 1.29 is 4.74 Å². The molecule has 5 heteroatoms. The van der Waals surface area contributed by atoms with Gasteiger partial charge < -0.3 is 9.64 Å². The zero-order valence-corrected chi connectivity index (χ0v) is 11.1. The summed E-state index contributed by atoms with van der Waals surface area (Å²) < 4.78 is 5.50. The standard InChI is InChI=1S/C11H16Cl2N2O/c1-15(2)6-3-7-16-11-5-4-9(13)10(8-12)14-11/h4-5H,3,6-8H2,1-2H3. The van der Waals surface area contributed by atoms with Crippen LogP contribution in [0.3, 0.4) is 0 Å². The van der Waals surface area contributed by atoms with E-state index in [1.54, 1.807) is 12.1 Å². The smallest absolute Gasteiger partial charge is 0.213 e. The minimum Gasteiger partial charge on any atom is -0.478 e. The van der Waals surface area contributed by atoms with Crippen LogP contribution in [0.15, 0.2) is 12.1 Å². The third-order valence-electron chi connectivity index (χ3n) is 2.02. The van der Waals surface area contributed by atoms with Crippen molar-refractivity contribution in [3.8, 4) is 5.88 Å². The summed E-state index contributed by atoms with van der Waals surface area (Å²) in [7, 11) is 4.07. The van der Waals surface area contributed by atoms with Crippen LogP contribution >= 0.6 is 23.2 Å². The third kappa shape index (κ3) is 4.56. The van der Waals surface area contributed by atoms with Gasteiger partial charge in [0.1, 0.15) is 0 Å². The summed E-state index contributed by atoms with van der Waals surface area (Å²) in [6, 6.07) is 3.52. The van der Waals surface area contributed by atoms with Crippen LogP contribution in [0, 0.1) is 0 Å². The SMILES string of the molecule is CN(C)CCCOc1ccc(Cl)c(CCl)n1. The first-order valence-corrected chi connectivity index (χ1v) is 6.03. The van der Waals surface area contributed by atoms with Crippen molar-refractivity contribution in [2.45, 2.75) is 12.3 Å². The Labute approximate surface area is 106 Å². The van der Waals surface area contributed by atoms with Crippen LogP contribution in [0.25, 0.3) is 0 Å². The molecule has 1 heterocycles. The zero-order valence-electron chi connectivity index (χ0n) is 9.54. The number of rotatable bonds is 6. The van der Waals surface area contributed by atoms with Gasteiger partial charge in [-0.3, -0.25) is 0 Å². The van der Waals surface area contributed by atoms with Gasteiger partial charge in [0.2, 0.25) is 5.88 Å². The Morgan fingerprint density at radius 1 is 1.38 bits per heavy atom. The van der Waals surface area contributed by atoms with E-state index < -0.39 is 0 Å². The summed E-state index contributed by atoms with van der Waals surface area (Å²) in [6.07, 6.45) is 0.966. The molecule has 0 fully saturated rings. The molecule has 1 aromatic rings. The van der Waals surface area contributed by atoms with Gasteiger partial charge in [-0.05, 0) is 26.6 Å². The van der Waals surface area contributed by atoms with Crippen molar-refractivity contribution >= 4 is 23.2 Å². The van der Waals surface area contributed by atoms with Crippen LogP contribution in [-0.4, -0.2) is 37.1 Å². The van der Waals surface area contributed by atoms with Crippen molar-refractivity contribution in [1.29, 1.82) is 0 Å². The maximum absolute atomic E-state index is 5.89. The van der Waals surface area contributed by atoms with Gasteiger partial charge >= 0.3 is 0 Å². The Balaban J connectivity index is 2.42. The Morgan fingerprint density at radius 2 is 2.12 bits per heavy atom. The van der Waals surface area contributed by atoms with Crippen LogP contribution in [-0.2, 0) is 5.88 Å². The van der Waals surface area contributed by atoms with Crippen LogP contribution in [0.2, 0.25) is 5.02 Å². The zero-order chi connectivity index (χ0) is 12.0. The highest BCUT2D eigenvalue weighted by atomic mass is 35.5. The first kappa shape index (κ1) is 13.6. The molecule has 0 saturated heterocycles. The summed E-state index contributed by atoms with van der Waals surface area (Å²) in [5, 5.41) is 0.579. The van der Waals surface area contributed by atoms with E-state index in [-0.39, 0.29) is 0 Å². The number of alkyl halides is 1. The van der Waals surface area contributed by atoms with E-state index in [0.717, 1.165) is 13.0 Å². The highest BCUT2D eigenvalue weighted by Crippen LogP contribution is 2.19. The van der Waals surface area contributed by atoms with Crippen molar-refractivity contribution in [2.24, 2.45) is 0 Å². The van der Waals surface area contributed by atoms with Gasteiger partial charge in [-0.2, -0.15) is 0 Å². The molecular formula is C11H16Cl2N2O. The molecule has 0 aromatic carbocycles. The van der Waals surface area contributed by atoms with Crippen molar-refractivity contribution in [3.05, 3.63) is 22.8 Å². The predicted molar refractivity (Wildman–Crippen MR) is 67.5 cm³/mol. The first-order valence-electron chi connectivity index (χ1n) is 5.12. The van der Waals surface area contributed by atoms with Crippen LogP contribution in [0.4, 0.5) is 0 Å². The average Bonchev–Trinajstić information content (AvgIpc) is 2.26. The van der Waals surface area contributed by atoms with E-state index in [1.165, 1.54) is 0 Å². The summed E-state index contributed by atoms with van der Waals surface area (Å²) in [5.41, 5.74) is 0.661. The minimum absolute atomic E-state index is 0.299. The summed E-state index contributed by atoms with van der Waals surface area (Å²) in [4.78, 5) is 6.32. The molecule has 0 amide bonds. The Morgan fingerprint density at radius 3 is 2.75 bits per heavy atom. The molecule has 1 aromatic heterocycles. The van der Waals surface area contributed by atoms with Crippen LogP contribution in [0.5, 0.6) is 5.88 Å². The molecule has 0 spiro atoms. The fourth-order valence-electron chi connectivity index (χ4n) is 1.20. The number of nitrogens with zero attached hydrogens (tertiary/aromatic N) is 2. The quantitative estimate of drug-likeness (QED) is 0.583. The molecule has 0 saturated carbocycles. The molecule has 90 valence electrons. The fraction of sp³-hybridized carbons (Fsp3) is 0.545. The molecule has 0 bridgehead atoms. The lowest BCUT2D eigenvalue weighted by Gasteiger charge is -2.10. The lowest BCUT2D eigenvalue weighted by Crippen LogP contribution is -2.15. The molecule has 3 nitrogen and oxygen atoms in total. The molecule has 0 aliphatic heterocycles. The first-order chi connectivity index (χ1) is 7.63. The second-order valence-electron chi connectivity index (χ2n) is 3.72. The lowest BCUT2D eigenvalue weighted by atomic mass is 10.4. The van der Waals surface area contributed by atoms with E-state index in [2.05, 4.69) is 9.88 Å². The second kappa shape index (κ2) is 6.94. The van der Waals surface area contributed by atoms with Crippen molar-refractivity contribution in [1.82, 2.24) is 9.88 Å². The van der Waals surface area contributed by atoms with Crippen molar-refractivity contribution in [2.75, 3.05) is 27.2 Å². The van der Waals surface area contributed by atoms with Gasteiger partial charge in [-0.1, -0.05) is 11.6 Å². The van der Waals surface area contributed by atoms with Crippen molar-refractivity contribution in [3.63, 3.8) is 0 Å². The molecule has 0 radical (unpaired) electrons. The number of pyridine rings is 1. The fourth-order valence-corrected chi connectivity index (χ4v) is 1.64. The highest BCUT2D eigenvalue weighted by Gasteiger charge is 2.03. The Hall–Kier alpha value is -0.510. The van der Waals surface area contributed by atoms with Gasteiger partial charge in [-0.15, -0.1) is 11.6 Å². The number of aromatic nitrogens is 1. The summed E-state index contributed by atoms with van der Waals surface area (Å²) >= 11 is 11.6. The van der Waals surface area contributed by atoms with Gasteiger partial charge in [0.25, 0.3) is 0 Å². The second-order valence-corrected chi connectivity index (χ2v) is 4.39. The van der Waals surface area contributed by atoms with Gasteiger partial charge in [0.05, 0.1) is 23.2 Å². The van der Waals surface area contributed by atoms with Gasteiger partial charge in [0.15, 0.2) is 0 Å². The van der Waals surface area contributed by atoms with E-state index in [9.17, 15) is 0 Å². The predicted octanol–water partition coefficient (Wildman–Crippen LogP) is 2.80. The topological polar surface area (TPSA) is 25.4 Å². The van der Waals surface area contributed by atoms with E-state index in [1.807, 2.05) is 14.1 Å². The average molecular weight is 263 g/mol. The minimum atomic E-state index is 0.299. The van der Waals surface area contributed by atoms with Crippen LogP contribution in [0.1, 0.15) is 12.1 Å². The largest absolute Gasteiger partial charge is 0.478 e. The van der Waals surface area contributed by atoms with E-state index in [0.29, 0.717) is 29.1 Å². The number of ether oxygens (including phenoxy) is 1. The number of hydrogen-bond donors (Lipinski definition) is 0.